The van der Waals surface area contributed by atoms with E-state index in [0.717, 1.165) is 5.75 Å². The van der Waals surface area contributed by atoms with Crippen molar-refractivity contribution in [3.05, 3.63) is 47.7 Å². The molecule has 6 nitrogen and oxygen atoms in total. The number of aromatic nitrogens is 1. The Morgan fingerprint density at radius 3 is 2.63 bits per heavy atom. The molecule has 2 heterocycles. The standard InChI is InChI=1S/C20H25N3O3S/c1-14-12-18(22-26-14)21-19(24)17-8-10-23(11-9-17)20(25)15(2)27-13-16-6-4-3-5-7-16/h3-7,12,15,17H,8-11,13H2,1-2H3,(H,21,22,24). The molecule has 144 valence electrons. The number of likely N-dealkylation sites (tertiary alicyclic amines) is 1. The number of rotatable bonds is 6. The van der Waals surface area contributed by atoms with E-state index >= 15 is 0 Å². The van der Waals surface area contributed by atoms with Crippen molar-refractivity contribution in [1.82, 2.24) is 10.1 Å². The molecule has 1 aliphatic heterocycles. The van der Waals surface area contributed by atoms with Crippen LogP contribution in [0, 0.1) is 12.8 Å². The second-order valence-corrected chi connectivity index (χ2v) is 8.18. The zero-order valence-electron chi connectivity index (χ0n) is 15.7. The van der Waals surface area contributed by atoms with Gasteiger partial charge in [0.05, 0.1) is 5.25 Å². The molecule has 1 aromatic heterocycles. The van der Waals surface area contributed by atoms with E-state index in [1.54, 1.807) is 24.8 Å². The Morgan fingerprint density at radius 2 is 2.00 bits per heavy atom. The molecule has 1 fully saturated rings. The van der Waals surface area contributed by atoms with Gasteiger partial charge in [-0.3, -0.25) is 9.59 Å². The van der Waals surface area contributed by atoms with Crippen molar-refractivity contribution in [2.45, 2.75) is 37.7 Å². The molecule has 0 aliphatic carbocycles. The number of carbonyl (C=O) groups is 2. The summed E-state index contributed by atoms with van der Waals surface area (Å²) in [7, 11) is 0. The molecular formula is C20H25N3O3S. The van der Waals surface area contributed by atoms with E-state index in [9.17, 15) is 9.59 Å². The lowest BCUT2D eigenvalue weighted by Crippen LogP contribution is -2.44. The summed E-state index contributed by atoms with van der Waals surface area (Å²) in [5.74, 6) is 1.93. The van der Waals surface area contributed by atoms with Gasteiger partial charge < -0.3 is 14.7 Å². The van der Waals surface area contributed by atoms with E-state index in [0.29, 0.717) is 37.5 Å². The van der Waals surface area contributed by atoms with Crippen LogP contribution in [0.1, 0.15) is 31.1 Å². The summed E-state index contributed by atoms with van der Waals surface area (Å²) < 4.78 is 4.96. The molecule has 2 aromatic rings. The van der Waals surface area contributed by atoms with Crippen LogP contribution in [0.25, 0.3) is 0 Å². The Labute approximate surface area is 163 Å². The van der Waals surface area contributed by atoms with Crippen LogP contribution < -0.4 is 5.32 Å². The zero-order chi connectivity index (χ0) is 19.2. The summed E-state index contributed by atoms with van der Waals surface area (Å²) in [6, 6.07) is 11.9. The maximum Gasteiger partial charge on any atom is 0.235 e. The van der Waals surface area contributed by atoms with Crippen LogP contribution >= 0.6 is 11.8 Å². The number of amides is 2. The minimum Gasteiger partial charge on any atom is -0.360 e. The number of nitrogens with one attached hydrogen (secondary N) is 1. The number of benzene rings is 1. The fraction of sp³-hybridized carbons (Fsp3) is 0.450. The van der Waals surface area contributed by atoms with Gasteiger partial charge in [0, 0.05) is 30.8 Å². The molecule has 27 heavy (non-hydrogen) atoms. The van der Waals surface area contributed by atoms with Gasteiger partial charge in [-0.15, -0.1) is 11.8 Å². The third-order valence-corrected chi connectivity index (χ3v) is 5.95. The first-order chi connectivity index (χ1) is 13.0. The highest BCUT2D eigenvalue weighted by Gasteiger charge is 2.29. The smallest absolute Gasteiger partial charge is 0.235 e. The zero-order valence-corrected chi connectivity index (χ0v) is 16.5. The molecule has 1 aromatic carbocycles. The van der Waals surface area contributed by atoms with E-state index in [2.05, 4.69) is 22.6 Å². The molecule has 3 rings (SSSR count). The number of nitrogens with zero attached hydrogens (tertiary/aromatic N) is 2. The van der Waals surface area contributed by atoms with Crippen molar-refractivity contribution in [3.8, 4) is 0 Å². The van der Waals surface area contributed by atoms with E-state index in [-0.39, 0.29) is 23.0 Å². The Bertz CT molecular complexity index is 770. The minimum atomic E-state index is -0.0988. The number of hydrogen-bond donors (Lipinski definition) is 1. The average Bonchev–Trinajstić information content (AvgIpc) is 3.11. The number of hydrogen-bond acceptors (Lipinski definition) is 5. The summed E-state index contributed by atoms with van der Waals surface area (Å²) in [4.78, 5) is 26.9. The summed E-state index contributed by atoms with van der Waals surface area (Å²) in [5.41, 5.74) is 1.22. The fourth-order valence-corrected chi connectivity index (χ4v) is 4.07. The number of thioether (sulfide) groups is 1. The second kappa shape index (κ2) is 9.08. The Morgan fingerprint density at radius 1 is 1.30 bits per heavy atom. The van der Waals surface area contributed by atoms with Gasteiger partial charge >= 0.3 is 0 Å². The SMILES string of the molecule is Cc1cc(NC(=O)C2CCN(C(=O)C(C)SCc3ccccc3)CC2)no1. The average molecular weight is 388 g/mol. The molecule has 2 amide bonds. The largest absolute Gasteiger partial charge is 0.360 e. The van der Waals surface area contributed by atoms with Gasteiger partial charge in [-0.1, -0.05) is 35.5 Å². The lowest BCUT2D eigenvalue weighted by atomic mass is 9.95. The third-order valence-electron chi connectivity index (χ3n) is 4.75. The summed E-state index contributed by atoms with van der Waals surface area (Å²) in [5, 5.41) is 6.49. The van der Waals surface area contributed by atoms with Gasteiger partial charge in [-0.05, 0) is 32.3 Å². The van der Waals surface area contributed by atoms with Crippen molar-refractivity contribution < 1.29 is 14.1 Å². The maximum absolute atomic E-state index is 12.7. The van der Waals surface area contributed by atoms with E-state index < -0.39 is 0 Å². The van der Waals surface area contributed by atoms with Gasteiger partial charge in [0.25, 0.3) is 0 Å². The third kappa shape index (κ3) is 5.35. The lowest BCUT2D eigenvalue weighted by molar-refractivity contribution is -0.133. The van der Waals surface area contributed by atoms with Crippen molar-refractivity contribution >= 4 is 29.4 Å². The van der Waals surface area contributed by atoms with Gasteiger partial charge in [0.2, 0.25) is 11.8 Å². The number of anilines is 1. The lowest BCUT2D eigenvalue weighted by Gasteiger charge is -2.32. The van der Waals surface area contributed by atoms with Gasteiger partial charge in [0.15, 0.2) is 5.82 Å². The van der Waals surface area contributed by atoms with Gasteiger partial charge in [0.1, 0.15) is 5.76 Å². The predicted octanol–water partition coefficient (Wildman–Crippen LogP) is 3.48. The van der Waals surface area contributed by atoms with Gasteiger partial charge in [-0.25, -0.2) is 0 Å². The van der Waals surface area contributed by atoms with Crippen LogP contribution in [0.5, 0.6) is 0 Å². The van der Waals surface area contributed by atoms with Crippen LogP contribution in [0.2, 0.25) is 0 Å². The normalized spacial score (nSPS) is 16.1. The molecule has 0 bridgehead atoms. The first kappa shape index (κ1) is 19.5. The first-order valence-corrected chi connectivity index (χ1v) is 10.3. The van der Waals surface area contributed by atoms with Gasteiger partial charge in [-0.2, -0.15) is 0 Å². The molecule has 0 spiro atoms. The highest BCUT2D eigenvalue weighted by molar-refractivity contribution is 7.99. The maximum atomic E-state index is 12.7. The quantitative estimate of drug-likeness (QED) is 0.821. The molecule has 1 N–H and O–H groups in total. The number of carbonyl (C=O) groups excluding carboxylic acids is 2. The fourth-order valence-electron chi connectivity index (χ4n) is 3.14. The van der Waals surface area contributed by atoms with Crippen LogP contribution in [0.3, 0.4) is 0 Å². The Kier molecular flexibility index (Phi) is 6.55. The van der Waals surface area contributed by atoms with E-state index in [1.165, 1.54) is 5.56 Å². The Balaban J connectivity index is 1.43. The molecule has 1 aliphatic rings. The molecule has 1 atom stereocenters. The predicted molar refractivity (Wildman–Crippen MR) is 106 cm³/mol. The molecule has 7 heteroatoms. The molecule has 1 saturated heterocycles. The van der Waals surface area contributed by atoms with Crippen LogP contribution in [-0.4, -0.2) is 40.2 Å². The van der Waals surface area contributed by atoms with Crippen molar-refractivity contribution in [2.24, 2.45) is 5.92 Å². The topological polar surface area (TPSA) is 75.4 Å². The van der Waals surface area contributed by atoms with Crippen molar-refractivity contribution in [3.63, 3.8) is 0 Å². The molecule has 0 saturated carbocycles. The summed E-state index contributed by atoms with van der Waals surface area (Å²) >= 11 is 1.65. The monoisotopic (exact) mass is 387 g/mol. The molecule has 1 unspecified atom stereocenters. The van der Waals surface area contributed by atoms with Crippen molar-refractivity contribution in [2.75, 3.05) is 18.4 Å². The van der Waals surface area contributed by atoms with Crippen LogP contribution in [-0.2, 0) is 15.3 Å². The van der Waals surface area contributed by atoms with E-state index in [4.69, 9.17) is 4.52 Å². The number of aryl methyl sites for hydroxylation is 1. The Hall–Kier alpha value is -2.28. The first-order valence-electron chi connectivity index (χ1n) is 9.21. The van der Waals surface area contributed by atoms with Crippen LogP contribution in [0.4, 0.5) is 5.82 Å². The minimum absolute atomic E-state index is 0.0538. The molecular weight excluding hydrogens is 362 g/mol. The number of piperidine rings is 1. The highest BCUT2D eigenvalue weighted by Crippen LogP contribution is 2.24. The highest BCUT2D eigenvalue weighted by atomic mass is 32.2. The summed E-state index contributed by atoms with van der Waals surface area (Å²) in [6.07, 6.45) is 1.34. The van der Waals surface area contributed by atoms with Crippen molar-refractivity contribution in [1.29, 1.82) is 0 Å². The second-order valence-electron chi connectivity index (χ2n) is 6.85. The van der Waals surface area contributed by atoms with Crippen LogP contribution in [0.15, 0.2) is 40.9 Å². The molecule has 0 radical (unpaired) electrons. The summed E-state index contributed by atoms with van der Waals surface area (Å²) in [6.45, 7) is 4.97. The van der Waals surface area contributed by atoms with E-state index in [1.807, 2.05) is 30.0 Å².